The van der Waals surface area contributed by atoms with E-state index in [0.29, 0.717) is 18.9 Å². The number of carbonyl (C=O) groups is 1. The lowest BCUT2D eigenvalue weighted by atomic mass is 9.83. The Morgan fingerprint density at radius 1 is 0.962 bits per heavy atom. The van der Waals surface area contributed by atoms with Gasteiger partial charge in [-0.3, -0.25) is 4.79 Å². The molecule has 3 fully saturated rings. The number of ether oxygens (including phenoxy) is 6. The van der Waals surface area contributed by atoms with Crippen molar-refractivity contribution in [3.05, 3.63) is 0 Å². The van der Waals surface area contributed by atoms with Crippen molar-refractivity contribution in [2.24, 2.45) is 29.6 Å². The Morgan fingerprint density at radius 2 is 1.57 bits per heavy atom. The fourth-order valence-electron chi connectivity index (χ4n) is 7.51. The zero-order valence-electron chi connectivity index (χ0n) is 36.2. The first-order chi connectivity index (χ1) is 24.7. The molecule has 0 aromatic rings. The Hall–Kier alpha value is -0.930. The lowest BCUT2D eigenvalue weighted by Crippen LogP contribution is -2.57. The molecule has 1 aliphatic carbocycles. The number of rotatable bonds is 19. The van der Waals surface area contributed by atoms with Gasteiger partial charge in [0.15, 0.2) is 12.6 Å². The average molecular weight is 764 g/mol. The van der Waals surface area contributed by atoms with E-state index in [1.807, 2.05) is 48.6 Å². The molecule has 2 saturated heterocycles. The Kier molecular flexibility index (Phi) is 21.5. The second-order valence-corrected chi connectivity index (χ2v) is 16.5. The highest BCUT2D eigenvalue weighted by atomic mass is 16.7. The average Bonchev–Trinajstić information content (AvgIpc) is 3.87. The molecule has 2 heterocycles. The highest BCUT2D eigenvalue weighted by Gasteiger charge is 2.52. The molecule has 12 heteroatoms. The van der Waals surface area contributed by atoms with Crippen LogP contribution in [-0.4, -0.2) is 131 Å². The van der Waals surface area contributed by atoms with Gasteiger partial charge < -0.3 is 53.7 Å². The molecule has 12 nitrogen and oxygen atoms in total. The van der Waals surface area contributed by atoms with E-state index < -0.39 is 78.4 Å². The lowest BCUT2D eigenvalue weighted by Gasteiger charge is -2.46. The molecule has 0 bridgehead atoms. The van der Waals surface area contributed by atoms with E-state index >= 15 is 0 Å². The first-order valence-corrected chi connectivity index (χ1v) is 20.5. The summed E-state index contributed by atoms with van der Waals surface area (Å²) in [6.45, 7) is 27.6. The summed E-state index contributed by atoms with van der Waals surface area (Å²) in [5, 5.41) is 43.2. The summed E-state index contributed by atoms with van der Waals surface area (Å²) in [4.78, 5) is 15.7. The number of nitrogens with zero attached hydrogens (tertiary/aromatic N) is 1. The number of esters is 1. The van der Waals surface area contributed by atoms with Crippen molar-refractivity contribution < 1.29 is 53.6 Å². The van der Waals surface area contributed by atoms with E-state index in [-0.39, 0.29) is 36.7 Å². The van der Waals surface area contributed by atoms with E-state index in [4.69, 9.17) is 28.4 Å². The maximum absolute atomic E-state index is 13.5. The molecule has 1 saturated carbocycles. The highest BCUT2D eigenvalue weighted by Crippen LogP contribution is 2.51. The first kappa shape index (κ1) is 50.1. The Labute approximate surface area is 322 Å². The molecule has 0 spiro atoms. The van der Waals surface area contributed by atoms with E-state index in [9.17, 15) is 25.2 Å². The normalized spacial score (nSPS) is 33.9. The van der Waals surface area contributed by atoms with Gasteiger partial charge in [-0.05, 0) is 99.5 Å². The largest absolute Gasteiger partial charge is 0.460 e. The second kappa shape index (κ2) is 22.7. The van der Waals surface area contributed by atoms with Gasteiger partial charge >= 0.3 is 5.97 Å². The zero-order chi connectivity index (χ0) is 41.0. The number of carbonyl (C=O) groups excluding carboxylic acids is 1. The molecule has 3 aliphatic rings. The van der Waals surface area contributed by atoms with E-state index in [2.05, 4.69) is 11.8 Å². The Balaban J connectivity index is 0.00000339. The van der Waals surface area contributed by atoms with Crippen LogP contribution in [-0.2, 0) is 33.2 Å². The molecule has 0 amide bonds. The SMILES string of the molecule is CC.CC.CO[C@]1(C)C[C@H](O[C@@H](C[C@@H](O[C@@H]2O[C@H](C)C[C@H]3C[C@H]32)[C@](C)(O)C[C@@H](C)CN(C)C[C@H](C)[C@H](C)O)[C@@H](C)C(=O)O[C@H](C)C(C)O)O[C@@H](C)[C@@H]1O. The van der Waals surface area contributed by atoms with Gasteiger partial charge in [-0.15, -0.1) is 0 Å². The van der Waals surface area contributed by atoms with Crippen LogP contribution in [0.1, 0.15) is 129 Å². The maximum atomic E-state index is 13.5. The van der Waals surface area contributed by atoms with Gasteiger partial charge in [0.05, 0.1) is 53.7 Å². The minimum atomic E-state index is -1.35. The quantitative estimate of drug-likeness (QED) is 0.122. The third-order valence-electron chi connectivity index (χ3n) is 11.3. The molecule has 4 N–H and O–H groups in total. The maximum Gasteiger partial charge on any atom is 0.311 e. The lowest BCUT2D eigenvalue weighted by molar-refractivity contribution is -0.299. The van der Waals surface area contributed by atoms with E-state index in [1.165, 1.54) is 7.11 Å². The number of methoxy groups -OCH3 is 1. The first-order valence-electron chi connectivity index (χ1n) is 20.5. The summed E-state index contributed by atoms with van der Waals surface area (Å²) in [6, 6.07) is 0. The monoisotopic (exact) mass is 764 g/mol. The van der Waals surface area contributed by atoms with Crippen LogP contribution in [0, 0.1) is 29.6 Å². The van der Waals surface area contributed by atoms with Crippen molar-refractivity contribution in [3.63, 3.8) is 0 Å². The summed E-state index contributed by atoms with van der Waals surface area (Å²) >= 11 is 0. The molecular formula is C41H81NO11. The van der Waals surface area contributed by atoms with Gasteiger partial charge in [0.1, 0.15) is 12.2 Å². The Morgan fingerprint density at radius 3 is 2.11 bits per heavy atom. The predicted molar refractivity (Wildman–Crippen MR) is 207 cm³/mol. The van der Waals surface area contributed by atoms with Crippen molar-refractivity contribution in [1.82, 2.24) is 4.90 Å². The topological polar surface area (TPSA) is 157 Å². The number of hydrogen-bond acceptors (Lipinski definition) is 12. The van der Waals surface area contributed by atoms with Crippen molar-refractivity contribution in [2.75, 3.05) is 27.2 Å². The van der Waals surface area contributed by atoms with Crippen molar-refractivity contribution >= 4 is 5.97 Å². The summed E-state index contributed by atoms with van der Waals surface area (Å²) in [5.41, 5.74) is -2.29. The Bertz CT molecular complexity index is 1030. The van der Waals surface area contributed by atoms with Crippen LogP contribution in [0.5, 0.6) is 0 Å². The van der Waals surface area contributed by atoms with Crippen LogP contribution >= 0.6 is 0 Å². The summed E-state index contributed by atoms with van der Waals surface area (Å²) in [5.74, 6) is -0.434. The number of aliphatic hydroxyl groups excluding tert-OH is 3. The molecule has 53 heavy (non-hydrogen) atoms. The predicted octanol–water partition coefficient (Wildman–Crippen LogP) is 5.55. The van der Waals surface area contributed by atoms with Crippen LogP contribution in [0.2, 0.25) is 0 Å². The van der Waals surface area contributed by atoms with Gasteiger partial charge in [0, 0.05) is 39.0 Å². The van der Waals surface area contributed by atoms with Gasteiger partial charge in [-0.25, -0.2) is 0 Å². The van der Waals surface area contributed by atoms with Crippen LogP contribution in [0.25, 0.3) is 0 Å². The molecule has 0 aromatic carbocycles. The molecule has 17 atom stereocenters. The third kappa shape index (κ3) is 15.2. The summed E-state index contributed by atoms with van der Waals surface area (Å²) < 4.78 is 37.1. The second-order valence-electron chi connectivity index (χ2n) is 16.5. The van der Waals surface area contributed by atoms with Crippen molar-refractivity contribution in [3.8, 4) is 0 Å². The van der Waals surface area contributed by atoms with Crippen molar-refractivity contribution in [1.29, 1.82) is 0 Å². The number of fused-ring (bicyclic) bond motifs is 1. The van der Waals surface area contributed by atoms with Gasteiger partial charge in [0.2, 0.25) is 0 Å². The van der Waals surface area contributed by atoms with Crippen LogP contribution in [0.4, 0.5) is 0 Å². The van der Waals surface area contributed by atoms with Crippen molar-refractivity contribution in [2.45, 2.75) is 202 Å². The zero-order valence-corrected chi connectivity index (χ0v) is 36.2. The smallest absolute Gasteiger partial charge is 0.311 e. The summed E-state index contributed by atoms with van der Waals surface area (Å²) in [6.07, 6.45) is -3.69. The van der Waals surface area contributed by atoms with Crippen LogP contribution < -0.4 is 0 Å². The fraction of sp³-hybridized carbons (Fsp3) is 0.976. The minimum absolute atomic E-state index is 0.0287. The highest BCUT2D eigenvalue weighted by molar-refractivity contribution is 5.73. The van der Waals surface area contributed by atoms with E-state index in [1.54, 1.807) is 48.5 Å². The van der Waals surface area contributed by atoms with E-state index in [0.717, 1.165) is 19.4 Å². The third-order valence-corrected chi connectivity index (χ3v) is 11.3. The molecule has 2 aliphatic heterocycles. The molecule has 316 valence electrons. The molecule has 3 rings (SSSR count). The number of hydrogen-bond donors (Lipinski definition) is 4. The van der Waals surface area contributed by atoms with Gasteiger partial charge in [-0.2, -0.15) is 0 Å². The molecule has 1 unspecified atom stereocenters. The fourth-order valence-corrected chi connectivity index (χ4v) is 7.51. The summed E-state index contributed by atoms with van der Waals surface area (Å²) in [7, 11) is 3.55. The molecular weight excluding hydrogens is 682 g/mol. The van der Waals surface area contributed by atoms with Crippen LogP contribution in [0.3, 0.4) is 0 Å². The minimum Gasteiger partial charge on any atom is -0.460 e. The number of aliphatic hydroxyl groups is 4. The molecule has 0 radical (unpaired) electrons. The van der Waals surface area contributed by atoms with Gasteiger partial charge in [-0.1, -0.05) is 41.5 Å². The van der Waals surface area contributed by atoms with Crippen LogP contribution in [0.15, 0.2) is 0 Å². The van der Waals surface area contributed by atoms with Gasteiger partial charge in [0.25, 0.3) is 0 Å². The standard InChI is InChI=1S/C37H69NO11.2C2H6/c1-20(18-38(11)19-21(2)24(5)39)16-36(9,43)31(49-35-29-14-28(29)13-22(3)45-35)15-30(23(4)34(42)47-26(7)25(6)40)48-32-17-37(10,44-12)33(41)27(8)46-32;2*1-2/h20-33,35,39-41,43H,13-19H2,1-12H3;2*1-2H3/t20-,21+,22-,23-,24+,25?,26-,27+,28+,29-,30+,31-,32+,33+,35+,36-,37-;;/m1../s1. The molecule has 0 aromatic heterocycles.